The molecule has 0 saturated carbocycles. The van der Waals surface area contributed by atoms with E-state index in [2.05, 4.69) is 10.6 Å². The van der Waals surface area contributed by atoms with E-state index in [-0.39, 0.29) is 5.91 Å². The van der Waals surface area contributed by atoms with Gasteiger partial charge in [0, 0.05) is 18.7 Å². The van der Waals surface area contributed by atoms with E-state index in [9.17, 15) is 4.79 Å². The average molecular weight is 220 g/mol. The van der Waals surface area contributed by atoms with E-state index in [1.165, 1.54) is 5.56 Å². The Hall–Kier alpha value is -1.35. The van der Waals surface area contributed by atoms with E-state index in [1.54, 1.807) is 0 Å². The van der Waals surface area contributed by atoms with Gasteiger partial charge in [-0.1, -0.05) is 31.5 Å². The van der Waals surface area contributed by atoms with Gasteiger partial charge in [0.15, 0.2) is 0 Å². The van der Waals surface area contributed by atoms with Crippen molar-refractivity contribution in [1.82, 2.24) is 10.6 Å². The molecule has 1 heterocycles. The van der Waals surface area contributed by atoms with Gasteiger partial charge in [0.25, 0.3) is 5.91 Å². The zero-order valence-electron chi connectivity index (χ0n) is 10.2. The summed E-state index contributed by atoms with van der Waals surface area (Å²) in [4.78, 5) is 11.6. The lowest BCUT2D eigenvalue weighted by molar-refractivity contribution is 0.0924. The largest absolute Gasteiger partial charge is 0.347 e. The molecule has 2 rings (SSSR count). The van der Waals surface area contributed by atoms with Gasteiger partial charge in [0.1, 0.15) is 0 Å². The third kappa shape index (κ3) is 3.35. The Morgan fingerprint density at radius 1 is 1.25 bits per heavy atom. The topological polar surface area (TPSA) is 41.1 Å². The van der Waals surface area contributed by atoms with Crippen LogP contribution in [0.2, 0.25) is 0 Å². The molecule has 0 unspecified atom stereocenters. The van der Waals surface area contributed by atoms with E-state index in [0.717, 1.165) is 18.7 Å². The molecule has 1 aliphatic rings. The lowest BCUT2D eigenvalue weighted by Crippen LogP contribution is -2.56. The Labute approximate surface area is 97.2 Å². The molecule has 1 aromatic rings. The van der Waals surface area contributed by atoms with Crippen molar-refractivity contribution in [1.29, 1.82) is 0 Å². The Balaban J connectivity index is 0.000000606. The molecule has 1 aromatic carbocycles. The molecule has 3 nitrogen and oxygen atoms in total. The molecule has 1 fully saturated rings. The number of benzene rings is 1. The molecule has 0 spiro atoms. The number of rotatable bonds is 2. The highest BCUT2D eigenvalue weighted by atomic mass is 16.1. The van der Waals surface area contributed by atoms with Crippen molar-refractivity contribution in [2.24, 2.45) is 0 Å². The van der Waals surface area contributed by atoms with Crippen LogP contribution in [0.15, 0.2) is 24.3 Å². The summed E-state index contributed by atoms with van der Waals surface area (Å²) < 4.78 is 0. The fourth-order valence-electron chi connectivity index (χ4n) is 1.36. The van der Waals surface area contributed by atoms with Gasteiger partial charge in [-0.3, -0.25) is 4.79 Å². The first kappa shape index (κ1) is 12.7. The molecule has 88 valence electrons. The first-order valence-corrected chi connectivity index (χ1v) is 5.84. The highest BCUT2D eigenvalue weighted by Crippen LogP contribution is 2.03. The van der Waals surface area contributed by atoms with E-state index in [1.807, 2.05) is 45.0 Å². The Morgan fingerprint density at radius 3 is 2.25 bits per heavy atom. The summed E-state index contributed by atoms with van der Waals surface area (Å²) in [6, 6.07) is 7.93. The maximum Gasteiger partial charge on any atom is 0.251 e. The second-order valence-electron chi connectivity index (χ2n) is 3.69. The minimum absolute atomic E-state index is 0.0245. The molecule has 3 heteroatoms. The van der Waals surface area contributed by atoms with E-state index < -0.39 is 0 Å². The first-order valence-electron chi connectivity index (χ1n) is 5.84. The molecule has 0 bridgehead atoms. The molecule has 0 atom stereocenters. The van der Waals surface area contributed by atoms with E-state index >= 15 is 0 Å². The molecule has 16 heavy (non-hydrogen) atoms. The predicted octanol–water partition coefficient (Wildman–Crippen LogP) is 1.72. The molecule has 2 N–H and O–H groups in total. The number of carbonyl (C=O) groups excluding carboxylic acids is 1. The van der Waals surface area contributed by atoms with Gasteiger partial charge in [-0.2, -0.15) is 0 Å². The van der Waals surface area contributed by atoms with Crippen LogP contribution in [-0.2, 0) is 0 Å². The normalized spacial score (nSPS) is 14.4. The smallest absolute Gasteiger partial charge is 0.251 e. The van der Waals surface area contributed by atoms with Crippen molar-refractivity contribution in [3.8, 4) is 0 Å². The maximum absolute atomic E-state index is 11.6. The number of hydrogen-bond donors (Lipinski definition) is 2. The van der Waals surface area contributed by atoms with Crippen LogP contribution in [0.3, 0.4) is 0 Å². The lowest BCUT2D eigenvalue weighted by atomic mass is 10.1. The van der Waals surface area contributed by atoms with Gasteiger partial charge in [0.2, 0.25) is 0 Å². The summed E-state index contributed by atoms with van der Waals surface area (Å²) >= 11 is 0. The average Bonchev–Trinajstić information content (AvgIpc) is 2.27. The Morgan fingerprint density at radius 2 is 1.81 bits per heavy atom. The van der Waals surface area contributed by atoms with Gasteiger partial charge >= 0.3 is 0 Å². The summed E-state index contributed by atoms with van der Waals surface area (Å²) in [7, 11) is 0. The molecule has 0 radical (unpaired) electrons. The van der Waals surface area contributed by atoms with Crippen LogP contribution >= 0.6 is 0 Å². The predicted molar refractivity (Wildman–Crippen MR) is 66.7 cm³/mol. The number of nitrogens with one attached hydrogen (secondary N) is 2. The van der Waals surface area contributed by atoms with Gasteiger partial charge in [-0.15, -0.1) is 0 Å². The number of amides is 1. The van der Waals surface area contributed by atoms with Gasteiger partial charge in [-0.25, -0.2) is 0 Å². The highest BCUT2D eigenvalue weighted by Gasteiger charge is 2.19. The fourth-order valence-corrected chi connectivity index (χ4v) is 1.36. The fraction of sp³-hybridized carbons (Fsp3) is 0.462. The summed E-state index contributed by atoms with van der Waals surface area (Å²) in [5.41, 5.74) is 1.91. The van der Waals surface area contributed by atoms with E-state index in [4.69, 9.17) is 0 Å². The van der Waals surface area contributed by atoms with E-state index in [0.29, 0.717) is 6.04 Å². The number of hydrogen-bond acceptors (Lipinski definition) is 2. The van der Waals surface area contributed by atoms with Crippen LogP contribution < -0.4 is 10.6 Å². The Kier molecular flexibility index (Phi) is 4.99. The number of aryl methyl sites for hydroxylation is 1. The van der Waals surface area contributed by atoms with Crippen LogP contribution in [-0.4, -0.2) is 25.0 Å². The van der Waals surface area contributed by atoms with Crippen LogP contribution in [0.4, 0.5) is 0 Å². The SMILES string of the molecule is CC.Cc1ccc(C(=O)NC2CNC2)cc1. The van der Waals surface area contributed by atoms with Crippen molar-refractivity contribution in [3.63, 3.8) is 0 Å². The van der Waals surface area contributed by atoms with Crippen LogP contribution in [0.1, 0.15) is 29.8 Å². The maximum atomic E-state index is 11.6. The quantitative estimate of drug-likeness (QED) is 0.797. The van der Waals surface area contributed by atoms with Crippen molar-refractivity contribution >= 4 is 5.91 Å². The van der Waals surface area contributed by atoms with Gasteiger partial charge in [0.05, 0.1) is 6.04 Å². The summed E-state index contributed by atoms with van der Waals surface area (Å²) in [5.74, 6) is 0.0245. The molecular formula is C13H20N2O. The van der Waals surface area contributed by atoms with Gasteiger partial charge < -0.3 is 10.6 Å². The van der Waals surface area contributed by atoms with Crippen LogP contribution in [0, 0.1) is 6.92 Å². The van der Waals surface area contributed by atoms with Gasteiger partial charge in [-0.05, 0) is 19.1 Å². The zero-order valence-corrected chi connectivity index (χ0v) is 10.2. The van der Waals surface area contributed by atoms with Crippen molar-refractivity contribution in [2.75, 3.05) is 13.1 Å². The molecule has 1 amide bonds. The first-order chi connectivity index (χ1) is 7.75. The third-order valence-electron chi connectivity index (χ3n) is 2.43. The Bertz CT molecular complexity index is 328. The van der Waals surface area contributed by atoms with Crippen molar-refractivity contribution in [3.05, 3.63) is 35.4 Å². The summed E-state index contributed by atoms with van der Waals surface area (Å²) in [6.45, 7) is 7.78. The summed E-state index contributed by atoms with van der Waals surface area (Å²) in [6.07, 6.45) is 0. The molecule has 1 saturated heterocycles. The molecular weight excluding hydrogens is 200 g/mol. The number of carbonyl (C=O) groups is 1. The second kappa shape index (κ2) is 6.28. The minimum atomic E-state index is 0.0245. The van der Waals surface area contributed by atoms with Crippen LogP contribution in [0.25, 0.3) is 0 Å². The minimum Gasteiger partial charge on any atom is -0.347 e. The van der Waals surface area contributed by atoms with Crippen LogP contribution in [0.5, 0.6) is 0 Å². The molecule has 0 aliphatic carbocycles. The highest BCUT2D eigenvalue weighted by molar-refractivity contribution is 5.94. The van der Waals surface area contributed by atoms with Crippen molar-refractivity contribution in [2.45, 2.75) is 26.8 Å². The van der Waals surface area contributed by atoms with Crippen molar-refractivity contribution < 1.29 is 4.79 Å². The molecule has 0 aromatic heterocycles. The monoisotopic (exact) mass is 220 g/mol. The zero-order chi connectivity index (χ0) is 12.0. The summed E-state index contributed by atoms with van der Waals surface area (Å²) in [5, 5.41) is 6.06. The third-order valence-corrected chi connectivity index (χ3v) is 2.43. The lowest BCUT2D eigenvalue weighted by Gasteiger charge is -2.27. The second-order valence-corrected chi connectivity index (χ2v) is 3.69. The standard InChI is InChI=1S/C11H14N2O.C2H6/c1-8-2-4-9(5-3-8)11(14)13-10-6-12-7-10;1-2/h2-5,10,12H,6-7H2,1H3,(H,13,14);1-2H3. The molecule has 1 aliphatic heterocycles.